The van der Waals surface area contributed by atoms with Gasteiger partial charge in [0.2, 0.25) is 0 Å². The molecule has 0 aromatic heterocycles. The maximum atomic E-state index is 6.47. The van der Waals surface area contributed by atoms with Crippen molar-refractivity contribution >= 4 is 0 Å². The van der Waals surface area contributed by atoms with Crippen molar-refractivity contribution in [1.82, 2.24) is 4.90 Å². The maximum absolute atomic E-state index is 6.47. The minimum atomic E-state index is -0.297. The van der Waals surface area contributed by atoms with Crippen molar-refractivity contribution in [2.45, 2.75) is 31.3 Å². The molecule has 1 unspecified atom stereocenters. The van der Waals surface area contributed by atoms with Crippen LogP contribution in [0.2, 0.25) is 0 Å². The first-order chi connectivity index (χ1) is 8.59. The molecule has 1 atom stereocenters. The lowest BCUT2D eigenvalue weighted by Crippen LogP contribution is -2.48. The molecule has 1 aromatic carbocycles. The summed E-state index contributed by atoms with van der Waals surface area (Å²) in [6.07, 6.45) is 2.22. The Hall–Kier alpha value is -0.900. The third-order valence-corrected chi connectivity index (χ3v) is 3.83. The minimum absolute atomic E-state index is 0.297. The van der Waals surface area contributed by atoms with E-state index >= 15 is 0 Å². The Morgan fingerprint density at radius 3 is 2.50 bits per heavy atom. The lowest BCUT2D eigenvalue weighted by Gasteiger charge is -2.37. The van der Waals surface area contributed by atoms with Crippen molar-refractivity contribution in [2.75, 3.05) is 26.8 Å². The Morgan fingerprint density at radius 1 is 1.28 bits per heavy atom. The molecular weight excluding hydrogens is 224 g/mol. The van der Waals surface area contributed by atoms with E-state index < -0.39 is 0 Å². The van der Waals surface area contributed by atoms with Gasteiger partial charge in [0.05, 0.1) is 5.54 Å². The first-order valence-corrected chi connectivity index (χ1v) is 6.72. The van der Waals surface area contributed by atoms with Crippen molar-refractivity contribution in [2.24, 2.45) is 5.73 Å². The molecule has 0 aliphatic carbocycles. The normalized spacial score (nSPS) is 20.9. The monoisotopic (exact) mass is 248 g/mol. The van der Waals surface area contributed by atoms with Gasteiger partial charge in [0, 0.05) is 25.8 Å². The van der Waals surface area contributed by atoms with Crippen molar-refractivity contribution in [3.8, 4) is 0 Å². The van der Waals surface area contributed by atoms with Crippen molar-refractivity contribution in [3.05, 3.63) is 35.9 Å². The molecule has 2 N–H and O–H groups in total. The Balaban J connectivity index is 1.98. The van der Waals surface area contributed by atoms with Gasteiger partial charge in [-0.3, -0.25) is 0 Å². The standard InChI is InChI=1S/C15H24N2O/c1-15(16,13-6-4-3-5-7-13)12-17(2)14-8-10-18-11-9-14/h3-7,14H,8-12,16H2,1-2H3. The molecule has 1 aliphatic rings. The summed E-state index contributed by atoms with van der Waals surface area (Å²) >= 11 is 0. The Morgan fingerprint density at radius 2 is 1.89 bits per heavy atom. The quantitative estimate of drug-likeness (QED) is 0.885. The van der Waals surface area contributed by atoms with E-state index in [2.05, 4.69) is 43.1 Å². The molecule has 1 fully saturated rings. The molecule has 1 aromatic rings. The summed E-state index contributed by atoms with van der Waals surface area (Å²) in [6.45, 7) is 4.74. The molecule has 0 spiro atoms. The molecule has 3 heteroatoms. The lowest BCUT2D eigenvalue weighted by atomic mass is 9.92. The van der Waals surface area contributed by atoms with Crippen molar-refractivity contribution < 1.29 is 4.74 Å². The summed E-state index contributed by atoms with van der Waals surface area (Å²) in [5.41, 5.74) is 7.37. The van der Waals surface area contributed by atoms with Crippen LogP contribution in [0.5, 0.6) is 0 Å². The summed E-state index contributed by atoms with van der Waals surface area (Å²) in [4.78, 5) is 2.38. The zero-order chi connectivity index (χ0) is 13.0. The van der Waals surface area contributed by atoms with E-state index in [9.17, 15) is 0 Å². The predicted molar refractivity (Wildman–Crippen MR) is 74.5 cm³/mol. The van der Waals surface area contributed by atoms with E-state index in [4.69, 9.17) is 10.5 Å². The third-order valence-electron chi connectivity index (χ3n) is 3.83. The molecule has 1 heterocycles. The number of nitrogens with two attached hydrogens (primary N) is 1. The van der Waals surface area contributed by atoms with Crippen LogP contribution in [0.4, 0.5) is 0 Å². The highest BCUT2D eigenvalue weighted by Crippen LogP contribution is 2.21. The molecule has 0 amide bonds. The van der Waals surface area contributed by atoms with E-state index in [0.29, 0.717) is 6.04 Å². The summed E-state index contributed by atoms with van der Waals surface area (Å²) in [5, 5.41) is 0. The summed E-state index contributed by atoms with van der Waals surface area (Å²) in [5.74, 6) is 0. The fourth-order valence-corrected chi connectivity index (χ4v) is 2.68. The number of likely N-dealkylation sites (N-methyl/N-ethyl adjacent to an activating group) is 1. The fraction of sp³-hybridized carbons (Fsp3) is 0.600. The summed E-state index contributed by atoms with van der Waals surface area (Å²) < 4.78 is 5.41. The van der Waals surface area contributed by atoms with Gasteiger partial charge in [0.25, 0.3) is 0 Å². The fourth-order valence-electron chi connectivity index (χ4n) is 2.68. The van der Waals surface area contributed by atoms with Gasteiger partial charge >= 0.3 is 0 Å². The molecule has 1 saturated heterocycles. The van der Waals surface area contributed by atoms with Gasteiger partial charge in [0.1, 0.15) is 0 Å². The van der Waals surface area contributed by atoms with Crippen LogP contribution in [0, 0.1) is 0 Å². The van der Waals surface area contributed by atoms with Crippen LogP contribution in [0.3, 0.4) is 0 Å². The van der Waals surface area contributed by atoms with Crippen LogP contribution < -0.4 is 5.73 Å². The Bertz CT molecular complexity index is 358. The average molecular weight is 248 g/mol. The SMILES string of the molecule is CN(CC(C)(N)c1ccccc1)C1CCOCC1. The number of rotatable bonds is 4. The van der Waals surface area contributed by atoms with Gasteiger partial charge in [-0.25, -0.2) is 0 Å². The number of ether oxygens (including phenoxy) is 1. The van der Waals surface area contributed by atoms with E-state index in [0.717, 1.165) is 32.6 Å². The highest BCUT2D eigenvalue weighted by molar-refractivity contribution is 5.23. The van der Waals surface area contributed by atoms with Crippen LogP contribution in [0.15, 0.2) is 30.3 Å². The molecule has 100 valence electrons. The van der Waals surface area contributed by atoms with Crippen molar-refractivity contribution in [1.29, 1.82) is 0 Å². The molecule has 0 radical (unpaired) electrons. The lowest BCUT2D eigenvalue weighted by molar-refractivity contribution is 0.0367. The number of benzene rings is 1. The Labute approximate surface area is 110 Å². The molecular formula is C15H24N2O. The van der Waals surface area contributed by atoms with Gasteiger partial charge in [-0.1, -0.05) is 30.3 Å². The molecule has 0 bridgehead atoms. The number of nitrogens with zero attached hydrogens (tertiary/aromatic N) is 1. The zero-order valence-electron chi connectivity index (χ0n) is 11.4. The summed E-state index contributed by atoms with van der Waals surface area (Å²) in [7, 11) is 2.17. The molecule has 2 rings (SSSR count). The average Bonchev–Trinajstić information content (AvgIpc) is 2.40. The first kappa shape index (κ1) is 13.5. The van der Waals surface area contributed by atoms with Crippen LogP contribution in [0.25, 0.3) is 0 Å². The van der Waals surface area contributed by atoms with E-state index in [1.807, 2.05) is 6.07 Å². The number of hydrogen-bond acceptors (Lipinski definition) is 3. The van der Waals surface area contributed by atoms with Crippen LogP contribution in [-0.2, 0) is 10.3 Å². The van der Waals surface area contributed by atoms with Crippen molar-refractivity contribution in [3.63, 3.8) is 0 Å². The third kappa shape index (κ3) is 3.31. The first-order valence-electron chi connectivity index (χ1n) is 6.72. The van der Waals surface area contributed by atoms with E-state index in [1.54, 1.807) is 0 Å². The molecule has 3 nitrogen and oxygen atoms in total. The molecule has 18 heavy (non-hydrogen) atoms. The molecule has 0 saturated carbocycles. The number of hydrogen-bond donors (Lipinski definition) is 1. The largest absolute Gasteiger partial charge is 0.381 e. The van der Waals surface area contributed by atoms with Gasteiger partial charge < -0.3 is 15.4 Å². The predicted octanol–water partition coefficient (Wildman–Crippen LogP) is 1.97. The van der Waals surface area contributed by atoms with Gasteiger partial charge in [-0.2, -0.15) is 0 Å². The van der Waals surface area contributed by atoms with Crippen LogP contribution in [0.1, 0.15) is 25.3 Å². The second-order valence-electron chi connectivity index (χ2n) is 5.54. The van der Waals surface area contributed by atoms with Gasteiger partial charge in [-0.05, 0) is 32.4 Å². The highest BCUT2D eigenvalue weighted by Gasteiger charge is 2.27. The maximum Gasteiger partial charge on any atom is 0.0509 e. The summed E-state index contributed by atoms with van der Waals surface area (Å²) in [6, 6.07) is 11.0. The Kier molecular flexibility index (Phi) is 4.38. The van der Waals surface area contributed by atoms with Crippen LogP contribution in [-0.4, -0.2) is 37.7 Å². The second kappa shape index (κ2) is 5.83. The second-order valence-corrected chi connectivity index (χ2v) is 5.54. The minimum Gasteiger partial charge on any atom is -0.381 e. The zero-order valence-corrected chi connectivity index (χ0v) is 11.4. The van der Waals surface area contributed by atoms with E-state index in [-0.39, 0.29) is 5.54 Å². The van der Waals surface area contributed by atoms with Gasteiger partial charge in [-0.15, -0.1) is 0 Å². The van der Waals surface area contributed by atoms with E-state index in [1.165, 1.54) is 5.56 Å². The topological polar surface area (TPSA) is 38.5 Å². The van der Waals surface area contributed by atoms with Crippen LogP contribution >= 0.6 is 0 Å². The smallest absolute Gasteiger partial charge is 0.0509 e. The highest BCUT2D eigenvalue weighted by atomic mass is 16.5. The van der Waals surface area contributed by atoms with Gasteiger partial charge in [0.15, 0.2) is 0 Å². The molecule has 1 aliphatic heterocycles.